The first-order valence-electron chi connectivity index (χ1n) is 6.48. The summed E-state index contributed by atoms with van der Waals surface area (Å²) in [6.45, 7) is 5.34. The Morgan fingerprint density at radius 2 is 2.22 bits per heavy atom. The fraction of sp³-hybridized carbons (Fsp3) is 0.571. The van der Waals surface area contributed by atoms with Gasteiger partial charge in [0, 0.05) is 12.6 Å². The maximum atomic E-state index is 11.8. The van der Waals surface area contributed by atoms with E-state index in [9.17, 15) is 4.79 Å². The fourth-order valence-electron chi connectivity index (χ4n) is 1.96. The highest BCUT2D eigenvalue weighted by Crippen LogP contribution is 2.13. The summed E-state index contributed by atoms with van der Waals surface area (Å²) in [5.41, 5.74) is 6.56. The minimum atomic E-state index is 0.0525. The van der Waals surface area contributed by atoms with Gasteiger partial charge in [0.05, 0.1) is 12.2 Å². The number of pyridine rings is 1. The van der Waals surface area contributed by atoms with Crippen molar-refractivity contribution >= 4 is 5.91 Å². The molecule has 1 aromatic heterocycles. The summed E-state index contributed by atoms with van der Waals surface area (Å²) >= 11 is 0. The van der Waals surface area contributed by atoms with Gasteiger partial charge in [-0.25, -0.2) is 0 Å². The third-order valence-corrected chi connectivity index (χ3v) is 2.80. The lowest BCUT2D eigenvalue weighted by atomic mass is 9.94. The number of hydrogen-bond donors (Lipinski definition) is 2. The van der Waals surface area contributed by atoms with E-state index in [4.69, 9.17) is 5.73 Å². The molecular formula is C14H23N3O. The van der Waals surface area contributed by atoms with E-state index in [1.165, 1.54) is 0 Å². The molecule has 0 aromatic carbocycles. The largest absolute Gasteiger partial charge is 0.350 e. The van der Waals surface area contributed by atoms with Crippen LogP contribution in [0.3, 0.4) is 0 Å². The molecule has 1 amide bonds. The Hall–Kier alpha value is -1.42. The molecule has 4 nitrogen and oxygen atoms in total. The van der Waals surface area contributed by atoms with Crippen LogP contribution >= 0.6 is 0 Å². The third-order valence-electron chi connectivity index (χ3n) is 2.80. The molecular weight excluding hydrogens is 226 g/mol. The van der Waals surface area contributed by atoms with Crippen molar-refractivity contribution in [1.82, 2.24) is 10.3 Å². The molecule has 0 saturated carbocycles. The maximum Gasteiger partial charge on any atom is 0.220 e. The first-order valence-corrected chi connectivity index (χ1v) is 6.48. The van der Waals surface area contributed by atoms with Gasteiger partial charge in [0.25, 0.3) is 0 Å². The number of amides is 1. The van der Waals surface area contributed by atoms with Crippen LogP contribution in [0.4, 0.5) is 0 Å². The summed E-state index contributed by atoms with van der Waals surface area (Å²) in [4.78, 5) is 15.9. The summed E-state index contributed by atoms with van der Waals surface area (Å²) in [6.07, 6.45) is 3.22. The van der Waals surface area contributed by atoms with Crippen LogP contribution in [-0.2, 0) is 11.3 Å². The van der Waals surface area contributed by atoms with Crippen LogP contribution in [-0.4, -0.2) is 17.4 Å². The quantitative estimate of drug-likeness (QED) is 0.773. The van der Waals surface area contributed by atoms with Crippen LogP contribution in [0.5, 0.6) is 0 Å². The Morgan fingerprint density at radius 1 is 1.44 bits per heavy atom. The summed E-state index contributed by atoms with van der Waals surface area (Å²) in [5.74, 6) is 0.896. The Morgan fingerprint density at radius 3 is 2.78 bits per heavy atom. The number of hydrogen-bond acceptors (Lipinski definition) is 3. The highest BCUT2D eigenvalue weighted by molar-refractivity contribution is 5.76. The van der Waals surface area contributed by atoms with E-state index < -0.39 is 0 Å². The van der Waals surface area contributed by atoms with Gasteiger partial charge in [-0.3, -0.25) is 9.78 Å². The maximum absolute atomic E-state index is 11.8. The van der Waals surface area contributed by atoms with Crippen LogP contribution in [0.2, 0.25) is 0 Å². The minimum absolute atomic E-state index is 0.0525. The van der Waals surface area contributed by atoms with Crippen LogP contribution in [0.1, 0.15) is 32.4 Å². The Kier molecular flexibility index (Phi) is 6.36. The molecule has 3 N–H and O–H groups in total. The van der Waals surface area contributed by atoms with E-state index in [0.29, 0.717) is 25.4 Å². The van der Waals surface area contributed by atoms with Gasteiger partial charge >= 0.3 is 0 Å². The van der Waals surface area contributed by atoms with E-state index >= 15 is 0 Å². The van der Waals surface area contributed by atoms with Crippen molar-refractivity contribution in [1.29, 1.82) is 0 Å². The van der Waals surface area contributed by atoms with E-state index in [0.717, 1.165) is 12.1 Å². The first-order chi connectivity index (χ1) is 8.61. The Bertz CT molecular complexity index is 351. The lowest BCUT2D eigenvalue weighted by Crippen LogP contribution is -2.28. The zero-order valence-electron chi connectivity index (χ0n) is 11.2. The molecule has 1 heterocycles. The van der Waals surface area contributed by atoms with Crippen molar-refractivity contribution in [2.45, 2.75) is 33.2 Å². The summed E-state index contributed by atoms with van der Waals surface area (Å²) in [5, 5.41) is 2.88. The number of aromatic nitrogens is 1. The molecule has 18 heavy (non-hydrogen) atoms. The lowest BCUT2D eigenvalue weighted by molar-refractivity contribution is -0.122. The SMILES string of the molecule is CC(C)C[C@H](CN)CC(=O)NCc1ccccn1. The van der Waals surface area contributed by atoms with Crippen LogP contribution in [0, 0.1) is 11.8 Å². The summed E-state index contributed by atoms with van der Waals surface area (Å²) < 4.78 is 0. The standard InChI is InChI=1S/C14H23N3O/c1-11(2)7-12(9-15)8-14(18)17-10-13-5-3-4-6-16-13/h3-6,11-12H,7-10,15H2,1-2H3,(H,17,18)/t12-/m0/s1. The highest BCUT2D eigenvalue weighted by Gasteiger charge is 2.13. The third kappa shape index (κ3) is 5.77. The predicted octanol–water partition coefficient (Wildman–Crippen LogP) is 1.71. The second kappa shape index (κ2) is 7.82. The summed E-state index contributed by atoms with van der Waals surface area (Å²) in [7, 11) is 0. The number of carbonyl (C=O) groups excluding carboxylic acids is 1. The molecule has 0 bridgehead atoms. The van der Waals surface area contributed by atoms with Crippen LogP contribution < -0.4 is 11.1 Å². The molecule has 100 valence electrons. The zero-order valence-corrected chi connectivity index (χ0v) is 11.2. The van der Waals surface area contributed by atoms with Crippen molar-refractivity contribution in [3.63, 3.8) is 0 Å². The molecule has 1 aromatic rings. The van der Waals surface area contributed by atoms with E-state index in [2.05, 4.69) is 24.1 Å². The van der Waals surface area contributed by atoms with Crippen molar-refractivity contribution in [2.75, 3.05) is 6.54 Å². The second-order valence-electron chi connectivity index (χ2n) is 5.03. The van der Waals surface area contributed by atoms with Gasteiger partial charge in [0.15, 0.2) is 0 Å². The summed E-state index contributed by atoms with van der Waals surface area (Å²) in [6, 6.07) is 5.67. The minimum Gasteiger partial charge on any atom is -0.350 e. The van der Waals surface area contributed by atoms with E-state index in [-0.39, 0.29) is 11.8 Å². The van der Waals surface area contributed by atoms with Crippen molar-refractivity contribution < 1.29 is 4.79 Å². The first kappa shape index (κ1) is 14.6. The lowest BCUT2D eigenvalue weighted by Gasteiger charge is -2.16. The fourth-order valence-corrected chi connectivity index (χ4v) is 1.96. The average molecular weight is 249 g/mol. The molecule has 0 aliphatic rings. The number of nitrogens with zero attached hydrogens (tertiary/aromatic N) is 1. The van der Waals surface area contributed by atoms with Gasteiger partial charge in [-0.15, -0.1) is 0 Å². The average Bonchev–Trinajstić information content (AvgIpc) is 2.36. The molecule has 0 spiro atoms. The van der Waals surface area contributed by atoms with Gasteiger partial charge in [-0.05, 0) is 36.9 Å². The monoisotopic (exact) mass is 249 g/mol. The Balaban J connectivity index is 2.32. The van der Waals surface area contributed by atoms with Gasteiger partial charge in [0.1, 0.15) is 0 Å². The molecule has 0 radical (unpaired) electrons. The van der Waals surface area contributed by atoms with E-state index in [1.807, 2.05) is 18.2 Å². The molecule has 4 heteroatoms. The molecule has 0 saturated heterocycles. The molecule has 1 rings (SSSR count). The number of nitrogens with two attached hydrogens (primary N) is 1. The second-order valence-corrected chi connectivity index (χ2v) is 5.03. The number of nitrogens with one attached hydrogen (secondary N) is 1. The molecule has 1 atom stereocenters. The Labute approximate surface area is 109 Å². The van der Waals surface area contributed by atoms with Gasteiger partial charge in [0.2, 0.25) is 5.91 Å². The molecule has 0 aliphatic carbocycles. The van der Waals surface area contributed by atoms with E-state index in [1.54, 1.807) is 6.20 Å². The zero-order chi connectivity index (χ0) is 13.4. The number of rotatable bonds is 7. The van der Waals surface area contributed by atoms with Gasteiger partial charge < -0.3 is 11.1 Å². The normalized spacial score (nSPS) is 12.4. The predicted molar refractivity (Wildman–Crippen MR) is 72.7 cm³/mol. The number of carbonyl (C=O) groups is 1. The van der Waals surface area contributed by atoms with Crippen molar-refractivity contribution in [3.05, 3.63) is 30.1 Å². The van der Waals surface area contributed by atoms with Crippen LogP contribution in [0.15, 0.2) is 24.4 Å². The van der Waals surface area contributed by atoms with Gasteiger partial charge in [-0.2, -0.15) is 0 Å². The smallest absolute Gasteiger partial charge is 0.220 e. The molecule has 0 fully saturated rings. The topological polar surface area (TPSA) is 68.0 Å². The highest BCUT2D eigenvalue weighted by atomic mass is 16.1. The van der Waals surface area contributed by atoms with Gasteiger partial charge in [-0.1, -0.05) is 19.9 Å². The van der Waals surface area contributed by atoms with Crippen LogP contribution in [0.25, 0.3) is 0 Å². The van der Waals surface area contributed by atoms with Crippen molar-refractivity contribution in [3.8, 4) is 0 Å². The molecule has 0 aliphatic heterocycles. The van der Waals surface area contributed by atoms with Crippen molar-refractivity contribution in [2.24, 2.45) is 17.6 Å². The molecule has 0 unspecified atom stereocenters.